The molecule has 1 saturated carbocycles. The molecule has 1 N–H and O–H groups in total. The maximum atomic E-state index is 13.3. The zero-order valence-electron chi connectivity index (χ0n) is 18.3. The maximum Gasteiger partial charge on any atom is 0.416 e. The fourth-order valence-electron chi connectivity index (χ4n) is 3.93. The van der Waals surface area contributed by atoms with Crippen LogP contribution >= 0.6 is 11.8 Å². The summed E-state index contributed by atoms with van der Waals surface area (Å²) in [5, 5.41) is 2.48. The van der Waals surface area contributed by atoms with E-state index in [4.69, 9.17) is 0 Å². The lowest BCUT2D eigenvalue weighted by Crippen LogP contribution is -2.39. The number of amides is 2. The van der Waals surface area contributed by atoms with Crippen molar-refractivity contribution < 1.29 is 27.2 Å². The Kier molecular flexibility index (Phi) is 8.40. The number of rotatable bonds is 7. The van der Waals surface area contributed by atoms with Crippen molar-refractivity contribution >= 4 is 23.6 Å². The van der Waals surface area contributed by atoms with Crippen LogP contribution in [-0.2, 0) is 17.5 Å². The van der Waals surface area contributed by atoms with Crippen molar-refractivity contribution in [3.05, 3.63) is 65.0 Å². The summed E-state index contributed by atoms with van der Waals surface area (Å²) >= 11 is 1.23. The predicted molar refractivity (Wildman–Crippen MR) is 119 cm³/mol. The normalized spacial score (nSPS) is 14.7. The first-order valence-corrected chi connectivity index (χ1v) is 11.8. The molecule has 2 aromatic rings. The van der Waals surface area contributed by atoms with Crippen LogP contribution < -0.4 is 5.32 Å². The summed E-state index contributed by atoms with van der Waals surface area (Å²) in [6.45, 7) is -0.406. The zero-order chi connectivity index (χ0) is 24.0. The summed E-state index contributed by atoms with van der Waals surface area (Å²) in [7, 11) is 1.80. The largest absolute Gasteiger partial charge is 0.416 e. The van der Waals surface area contributed by atoms with Crippen LogP contribution in [0.2, 0.25) is 0 Å². The Hall–Kier alpha value is -2.55. The molecule has 4 nitrogen and oxygen atoms in total. The van der Waals surface area contributed by atoms with Gasteiger partial charge in [-0.15, -0.1) is 11.8 Å². The Morgan fingerprint density at radius 1 is 1.09 bits per heavy atom. The Bertz CT molecular complexity index is 991. The van der Waals surface area contributed by atoms with Crippen molar-refractivity contribution in [1.29, 1.82) is 0 Å². The van der Waals surface area contributed by atoms with Crippen molar-refractivity contribution in [1.82, 2.24) is 10.2 Å². The molecule has 0 aromatic heterocycles. The van der Waals surface area contributed by atoms with E-state index in [9.17, 15) is 27.2 Å². The van der Waals surface area contributed by atoms with E-state index in [-0.39, 0.29) is 28.8 Å². The van der Waals surface area contributed by atoms with E-state index in [0.29, 0.717) is 11.0 Å². The molecule has 0 spiro atoms. The number of carbonyl (C=O) groups is 2. The summed E-state index contributed by atoms with van der Waals surface area (Å²) in [5.41, 5.74) is -1.08. The van der Waals surface area contributed by atoms with Gasteiger partial charge in [0, 0.05) is 24.5 Å². The molecule has 2 aromatic carbocycles. The summed E-state index contributed by atoms with van der Waals surface area (Å²) < 4.78 is 52.9. The van der Waals surface area contributed by atoms with E-state index in [1.807, 2.05) is 0 Å². The second-order valence-corrected chi connectivity index (χ2v) is 9.08. The molecule has 9 heteroatoms. The Balaban J connectivity index is 1.64. The Morgan fingerprint density at radius 3 is 2.48 bits per heavy atom. The second-order valence-electron chi connectivity index (χ2n) is 8.06. The van der Waals surface area contributed by atoms with Gasteiger partial charge in [0.05, 0.1) is 16.9 Å². The fraction of sp³-hybridized carbons (Fsp3) is 0.417. The lowest BCUT2D eigenvalue weighted by molar-refractivity contribution is -0.138. The number of hydrogen-bond acceptors (Lipinski definition) is 3. The molecule has 0 atom stereocenters. The van der Waals surface area contributed by atoms with Gasteiger partial charge in [-0.1, -0.05) is 37.5 Å². The van der Waals surface area contributed by atoms with Gasteiger partial charge in [0.25, 0.3) is 5.91 Å². The highest BCUT2D eigenvalue weighted by molar-refractivity contribution is 8.00. The summed E-state index contributed by atoms with van der Waals surface area (Å²) in [4.78, 5) is 27.7. The van der Waals surface area contributed by atoms with Crippen LogP contribution in [0.5, 0.6) is 0 Å². The quantitative estimate of drug-likeness (QED) is 0.409. The maximum absolute atomic E-state index is 13.3. The highest BCUT2D eigenvalue weighted by Gasteiger charge is 2.33. The van der Waals surface area contributed by atoms with Crippen LogP contribution in [-0.4, -0.2) is 35.6 Å². The molecule has 0 aliphatic heterocycles. The minimum Gasteiger partial charge on any atom is -0.348 e. The molecule has 33 heavy (non-hydrogen) atoms. The van der Waals surface area contributed by atoms with E-state index in [0.717, 1.165) is 37.8 Å². The average Bonchev–Trinajstić information content (AvgIpc) is 2.81. The smallest absolute Gasteiger partial charge is 0.348 e. The van der Waals surface area contributed by atoms with Gasteiger partial charge in [-0.05, 0) is 42.7 Å². The molecule has 0 unspecified atom stereocenters. The third kappa shape index (κ3) is 6.72. The Labute approximate surface area is 194 Å². The topological polar surface area (TPSA) is 49.4 Å². The highest BCUT2D eigenvalue weighted by Crippen LogP contribution is 2.32. The van der Waals surface area contributed by atoms with Gasteiger partial charge in [0.2, 0.25) is 5.91 Å². The van der Waals surface area contributed by atoms with Crippen molar-refractivity contribution in [2.24, 2.45) is 0 Å². The number of hydrogen-bond donors (Lipinski definition) is 1. The number of benzene rings is 2. The summed E-state index contributed by atoms with van der Waals surface area (Å²) in [5.74, 6) is -1.43. The van der Waals surface area contributed by atoms with E-state index in [1.54, 1.807) is 36.2 Å². The molecule has 0 heterocycles. The molecule has 3 rings (SSSR count). The van der Waals surface area contributed by atoms with Crippen molar-refractivity contribution in [3.63, 3.8) is 0 Å². The van der Waals surface area contributed by atoms with Crippen LogP contribution in [0.15, 0.2) is 47.4 Å². The van der Waals surface area contributed by atoms with Gasteiger partial charge in [-0.25, -0.2) is 4.39 Å². The first kappa shape index (κ1) is 25.1. The Morgan fingerprint density at radius 2 is 1.79 bits per heavy atom. The number of alkyl halides is 3. The van der Waals surface area contributed by atoms with Crippen LogP contribution in [0, 0.1) is 5.82 Å². The van der Waals surface area contributed by atoms with E-state index in [1.165, 1.54) is 18.2 Å². The number of halogens is 4. The molecular weight excluding hydrogens is 456 g/mol. The first-order valence-electron chi connectivity index (χ1n) is 10.8. The van der Waals surface area contributed by atoms with E-state index < -0.39 is 30.0 Å². The van der Waals surface area contributed by atoms with Crippen molar-refractivity contribution in [2.75, 3.05) is 12.8 Å². The lowest BCUT2D eigenvalue weighted by atomic mass is 9.94. The molecule has 0 saturated heterocycles. The first-order chi connectivity index (χ1) is 15.7. The monoisotopic (exact) mass is 482 g/mol. The molecule has 0 radical (unpaired) electrons. The lowest BCUT2D eigenvalue weighted by Gasteiger charge is -2.31. The van der Waals surface area contributed by atoms with E-state index >= 15 is 0 Å². The van der Waals surface area contributed by atoms with Crippen molar-refractivity contribution in [2.45, 2.75) is 55.8 Å². The fourth-order valence-corrected chi connectivity index (χ4v) is 4.90. The third-order valence-electron chi connectivity index (χ3n) is 5.82. The molecule has 1 aliphatic rings. The standard InChI is InChI=1S/C24H26F4N2O2S/c1-30(18-7-3-2-4-8-18)22(31)15-33-21-10-6-5-9-19(21)23(32)29-14-16-11-12-17(25)13-20(16)24(26,27)28/h5-6,9-13,18H,2-4,7-8,14-15H2,1H3,(H,29,32). The van der Waals surface area contributed by atoms with Gasteiger partial charge < -0.3 is 10.2 Å². The third-order valence-corrected chi connectivity index (χ3v) is 6.87. The molecular formula is C24H26F4N2O2S. The van der Waals surface area contributed by atoms with Crippen LogP contribution in [0.3, 0.4) is 0 Å². The molecule has 1 aliphatic carbocycles. The molecule has 178 valence electrons. The molecule has 0 bridgehead atoms. The van der Waals surface area contributed by atoms with Crippen molar-refractivity contribution in [3.8, 4) is 0 Å². The van der Waals surface area contributed by atoms with E-state index in [2.05, 4.69) is 5.32 Å². The number of nitrogens with one attached hydrogen (secondary N) is 1. The average molecular weight is 483 g/mol. The van der Waals surface area contributed by atoms with Gasteiger partial charge >= 0.3 is 6.18 Å². The SMILES string of the molecule is CN(C(=O)CSc1ccccc1C(=O)NCc1ccc(F)cc1C(F)(F)F)C1CCCCC1. The summed E-state index contributed by atoms with van der Waals surface area (Å²) in [6, 6.07) is 9.23. The number of nitrogens with zero attached hydrogens (tertiary/aromatic N) is 1. The minimum absolute atomic E-state index is 0.0248. The minimum atomic E-state index is -4.74. The van der Waals surface area contributed by atoms with Crippen LogP contribution in [0.4, 0.5) is 17.6 Å². The van der Waals surface area contributed by atoms with Gasteiger partial charge in [0.1, 0.15) is 5.82 Å². The zero-order valence-corrected chi connectivity index (χ0v) is 19.1. The highest BCUT2D eigenvalue weighted by atomic mass is 32.2. The molecule has 2 amide bonds. The van der Waals surface area contributed by atoms with Gasteiger partial charge in [-0.3, -0.25) is 9.59 Å². The second kappa shape index (κ2) is 11.0. The van der Waals surface area contributed by atoms with Gasteiger partial charge in [0.15, 0.2) is 0 Å². The summed E-state index contributed by atoms with van der Waals surface area (Å²) in [6.07, 6.45) is 0.675. The number of thioether (sulfide) groups is 1. The van der Waals surface area contributed by atoms with Gasteiger partial charge in [-0.2, -0.15) is 13.2 Å². The van der Waals surface area contributed by atoms with Crippen LogP contribution in [0.1, 0.15) is 53.6 Å². The predicted octanol–water partition coefficient (Wildman–Crippen LogP) is 5.66. The molecule has 1 fully saturated rings. The number of carbonyl (C=O) groups excluding carboxylic acids is 2. The van der Waals surface area contributed by atoms with Crippen LogP contribution in [0.25, 0.3) is 0 Å².